The van der Waals surface area contributed by atoms with E-state index in [1.807, 2.05) is 6.92 Å². The Labute approximate surface area is 110 Å². The number of halogens is 2. The molecule has 0 saturated carbocycles. The second-order valence-electron chi connectivity index (χ2n) is 3.90. The number of rotatable bonds is 7. The van der Waals surface area contributed by atoms with E-state index in [1.165, 1.54) is 6.07 Å². The number of aliphatic hydroxyl groups is 1. The summed E-state index contributed by atoms with van der Waals surface area (Å²) in [6.07, 6.45) is -1.28. The van der Waals surface area contributed by atoms with Crippen LogP contribution in [0.2, 0.25) is 0 Å². The summed E-state index contributed by atoms with van der Waals surface area (Å²) in [6, 6.07) is 3.32. The van der Waals surface area contributed by atoms with Gasteiger partial charge in [0.15, 0.2) is 0 Å². The summed E-state index contributed by atoms with van der Waals surface area (Å²) >= 11 is 0. The number of ether oxygens (including phenoxy) is 1. The van der Waals surface area contributed by atoms with Crippen LogP contribution in [-0.4, -0.2) is 30.8 Å². The van der Waals surface area contributed by atoms with E-state index in [2.05, 4.69) is 5.32 Å². The van der Waals surface area contributed by atoms with Gasteiger partial charge in [0.2, 0.25) is 5.91 Å². The molecule has 0 spiro atoms. The Bertz CT molecular complexity index is 406. The Morgan fingerprint density at radius 2 is 2.05 bits per heavy atom. The lowest BCUT2D eigenvalue weighted by molar-refractivity contribution is -0.122. The number of hydrogen-bond donors (Lipinski definition) is 2. The van der Waals surface area contributed by atoms with Crippen LogP contribution in [0.5, 0.6) is 0 Å². The molecule has 6 heteroatoms. The van der Waals surface area contributed by atoms with Crippen LogP contribution in [0.15, 0.2) is 18.2 Å². The summed E-state index contributed by atoms with van der Waals surface area (Å²) in [7, 11) is 0. The molecule has 0 aliphatic carbocycles. The van der Waals surface area contributed by atoms with E-state index in [0.717, 1.165) is 12.1 Å². The van der Waals surface area contributed by atoms with Gasteiger partial charge in [-0.05, 0) is 19.1 Å². The number of hydrogen-bond acceptors (Lipinski definition) is 3. The molecular formula is C13H17F2NO3. The fourth-order valence-electron chi connectivity index (χ4n) is 1.54. The van der Waals surface area contributed by atoms with Crippen molar-refractivity contribution in [2.75, 3.05) is 19.8 Å². The minimum Gasteiger partial charge on any atom is -0.386 e. The maximum Gasteiger partial charge on any atom is 0.222 e. The normalized spacial score (nSPS) is 12.2. The molecule has 1 unspecified atom stereocenters. The Kier molecular flexibility index (Phi) is 6.38. The van der Waals surface area contributed by atoms with Gasteiger partial charge < -0.3 is 15.2 Å². The van der Waals surface area contributed by atoms with Crippen molar-refractivity contribution in [3.63, 3.8) is 0 Å². The van der Waals surface area contributed by atoms with Crippen LogP contribution in [0.4, 0.5) is 8.78 Å². The molecule has 1 atom stereocenters. The van der Waals surface area contributed by atoms with Gasteiger partial charge in [-0.2, -0.15) is 0 Å². The smallest absolute Gasteiger partial charge is 0.222 e. The van der Waals surface area contributed by atoms with E-state index in [0.29, 0.717) is 6.61 Å². The highest BCUT2D eigenvalue weighted by atomic mass is 19.1. The molecule has 1 amide bonds. The molecular weight excluding hydrogens is 256 g/mol. The van der Waals surface area contributed by atoms with Crippen LogP contribution in [0.3, 0.4) is 0 Å². The first-order valence-corrected chi connectivity index (χ1v) is 6.02. The minimum absolute atomic E-state index is 0.139. The monoisotopic (exact) mass is 273 g/mol. The Morgan fingerprint density at radius 3 is 2.63 bits per heavy atom. The number of carbonyl (C=O) groups excluding carboxylic acids is 1. The molecule has 106 valence electrons. The van der Waals surface area contributed by atoms with E-state index in [1.54, 1.807) is 0 Å². The lowest BCUT2D eigenvalue weighted by Gasteiger charge is -2.13. The van der Waals surface area contributed by atoms with Crippen molar-refractivity contribution in [1.82, 2.24) is 5.32 Å². The second-order valence-corrected chi connectivity index (χ2v) is 3.90. The van der Waals surface area contributed by atoms with Crippen molar-refractivity contribution < 1.29 is 23.4 Å². The first-order chi connectivity index (χ1) is 9.06. The largest absolute Gasteiger partial charge is 0.386 e. The molecule has 0 fully saturated rings. The van der Waals surface area contributed by atoms with Crippen molar-refractivity contribution in [1.29, 1.82) is 0 Å². The van der Waals surface area contributed by atoms with Gasteiger partial charge in [-0.1, -0.05) is 6.07 Å². The van der Waals surface area contributed by atoms with Gasteiger partial charge in [0.25, 0.3) is 0 Å². The van der Waals surface area contributed by atoms with Gasteiger partial charge in [0, 0.05) is 19.6 Å². The lowest BCUT2D eigenvalue weighted by atomic mass is 10.1. The third-order valence-electron chi connectivity index (χ3n) is 2.50. The molecule has 0 saturated heterocycles. The molecule has 1 aromatic rings. The van der Waals surface area contributed by atoms with Gasteiger partial charge in [0.1, 0.15) is 17.7 Å². The van der Waals surface area contributed by atoms with E-state index in [-0.39, 0.29) is 25.5 Å². The maximum atomic E-state index is 13.3. The zero-order valence-electron chi connectivity index (χ0n) is 10.7. The maximum absolute atomic E-state index is 13.3. The summed E-state index contributed by atoms with van der Waals surface area (Å²) in [4.78, 5) is 11.3. The van der Waals surface area contributed by atoms with Crippen LogP contribution >= 0.6 is 0 Å². The number of carbonyl (C=O) groups is 1. The first kappa shape index (κ1) is 15.5. The van der Waals surface area contributed by atoms with Crippen LogP contribution in [0.25, 0.3) is 0 Å². The summed E-state index contributed by atoms with van der Waals surface area (Å²) < 4.78 is 31.7. The van der Waals surface area contributed by atoms with Crippen LogP contribution in [0.1, 0.15) is 25.0 Å². The quantitative estimate of drug-likeness (QED) is 0.741. The fraction of sp³-hybridized carbons (Fsp3) is 0.462. The third kappa shape index (κ3) is 4.92. The Morgan fingerprint density at radius 1 is 1.42 bits per heavy atom. The highest BCUT2D eigenvalue weighted by Crippen LogP contribution is 2.19. The molecule has 19 heavy (non-hydrogen) atoms. The van der Waals surface area contributed by atoms with E-state index in [9.17, 15) is 18.7 Å². The Hall–Kier alpha value is -1.53. The third-order valence-corrected chi connectivity index (χ3v) is 2.50. The first-order valence-electron chi connectivity index (χ1n) is 6.02. The highest BCUT2D eigenvalue weighted by Gasteiger charge is 2.18. The molecule has 0 aliphatic heterocycles. The predicted octanol–water partition coefficient (Wildman–Crippen LogP) is 1.54. The summed E-state index contributed by atoms with van der Waals surface area (Å²) in [5.74, 6) is -2.02. The topological polar surface area (TPSA) is 58.6 Å². The highest BCUT2D eigenvalue weighted by molar-refractivity contribution is 5.75. The molecule has 0 aliphatic rings. The van der Waals surface area contributed by atoms with Crippen LogP contribution in [0, 0.1) is 11.6 Å². The fourth-order valence-corrected chi connectivity index (χ4v) is 1.54. The summed E-state index contributed by atoms with van der Waals surface area (Å²) in [6.45, 7) is 2.34. The predicted molar refractivity (Wildman–Crippen MR) is 65.4 cm³/mol. The summed E-state index contributed by atoms with van der Waals surface area (Å²) in [5.41, 5.74) is -0.437. The number of aliphatic hydroxyl groups excluding tert-OH is 1. The van der Waals surface area contributed by atoms with E-state index >= 15 is 0 Å². The van der Waals surface area contributed by atoms with Crippen molar-refractivity contribution in [2.24, 2.45) is 0 Å². The number of amides is 1. The van der Waals surface area contributed by atoms with Gasteiger partial charge in [-0.3, -0.25) is 4.79 Å². The standard InChI is InChI=1S/C13H17F2NO3/c1-2-19-7-6-12(18)16-8-11(17)13-9(14)4-3-5-10(13)15/h3-5,11,17H,2,6-8H2,1H3,(H,16,18). The van der Waals surface area contributed by atoms with Crippen molar-refractivity contribution in [3.8, 4) is 0 Å². The number of benzene rings is 1. The van der Waals surface area contributed by atoms with Crippen LogP contribution < -0.4 is 5.32 Å². The van der Waals surface area contributed by atoms with Crippen molar-refractivity contribution >= 4 is 5.91 Å². The molecule has 0 bridgehead atoms. The second kappa shape index (κ2) is 7.81. The van der Waals surface area contributed by atoms with E-state index in [4.69, 9.17) is 4.74 Å². The van der Waals surface area contributed by atoms with Gasteiger partial charge in [0.05, 0.1) is 12.2 Å². The molecule has 1 rings (SSSR count). The van der Waals surface area contributed by atoms with Crippen molar-refractivity contribution in [2.45, 2.75) is 19.4 Å². The lowest BCUT2D eigenvalue weighted by Crippen LogP contribution is -2.29. The van der Waals surface area contributed by atoms with Gasteiger partial charge in [-0.25, -0.2) is 8.78 Å². The molecule has 4 nitrogen and oxygen atoms in total. The zero-order valence-corrected chi connectivity index (χ0v) is 10.7. The van der Waals surface area contributed by atoms with Crippen molar-refractivity contribution in [3.05, 3.63) is 35.4 Å². The zero-order chi connectivity index (χ0) is 14.3. The average Bonchev–Trinajstić information content (AvgIpc) is 2.36. The summed E-state index contributed by atoms with van der Waals surface area (Å²) in [5, 5.41) is 12.1. The van der Waals surface area contributed by atoms with Crippen LogP contribution in [-0.2, 0) is 9.53 Å². The molecule has 2 N–H and O–H groups in total. The average molecular weight is 273 g/mol. The molecule has 0 heterocycles. The molecule has 0 radical (unpaired) electrons. The minimum atomic E-state index is -1.42. The van der Waals surface area contributed by atoms with Gasteiger partial charge in [-0.15, -0.1) is 0 Å². The SMILES string of the molecule is CCOCCC(=O)NCC(O)c1c(F)cccc1F. The van der Waals surface area contributed by atoms with E-state index < -0.39 is 23.3 Å². The Balaban J connectivity index is 2.47. The number of nitrogens with one attached hydrogen (secondary N) is 1. The molecule has 1 aromatic carbocycles. The van der Waals surface area contributed by atoms with Gasteiger partial charge >= 0.3 is 0 Å². The molecule has 0 aromatic heterocycles.